The molecule has 0 spiro atoms. The first-order valence-corrected chi connectivity index (χ1v) is 6.84. The molecule has 1 fully saturated rings. The van der Waals surface area contributed by atoms with Gasteiger partial charge in [-0.05, 0) is 6.42 Å². The number of hydrogen-bond donors (Lipinski definition) is 1. The highest BCUT2D eigenvalue weighted by atomic mass is 19.4. The average molecular weight is 395 g/mol. The van der Waals surface area contributed by atoms with Gasteiger partial charge in [-0.2, -0.15) is 43.9 Å². The van der Waals surface area contributed by atoms with Crippen LogP contribution in [-0.4, -0.2) is 47.7 Å². The van der Waals surface area contributed by atoms with E-state index < -0.39 is 47.7 Å². The van der Waals surface area contributed by atoms with Gasteiger partial charge in [0.05, 0.1) is 0 Å². The van der Waals surface area contributed by atoms with Crippen LogP contribution in [0.3, 0.4) is 0 Å². The standard InChI is InChI=1S/C12H12F11NO/c1-2-3-4-5-24-6(25)7(13)8(14,15)10(18,19)12(22,23)11(20,21)9(7,16)17/h2-5H2,1H3,(H,24,25). The van der Waals surface area contributed by atoms with E-state index >= 15 is 0 Å². The molecule has 0 aromatic heterocycles. The lowest BCUT2D eigenvalue weighted by Gasteiger charge is -2.51. The first-order valence-electron chi connectivity index (χ1n) is 6.84. The highest BCUT2D eigenvalue weighted by molar-refractivity contribution is 5.88. The summed E-state index contributed by atoms with van der Waals surface area (Å²) >= 11 is 0. The fraction of sp³-hybridized carbons (Fsp3) is 0.917. The highest BCUT2D eigenvalue weighted by Gasteiger charge is 3.02. The lowest BCUT2D eigenvalue weighted by molar-refractivity contribution is -0.476. The molecule has 148 valence electrons. The van der Waals surface area contributed by atoms with Crippen LogP contribution in [0, 0.1) is 0 Å². The molecule has 25 heavy (non-hydrogen) atoms. The summed E-state index contributed by atoms with van der Waals surface area (Å²) in [7, 11) is 0. The highest BCUT2D eigenvalue weighted by Crippen LogP contribution is 2.69. The fourth-order valence-corrected chi connectivity index (χ4v) is 2.21. The molecule has 0 aromatic rings. The van der Waals surface area contributed by atoms with Crippen molar-refractivity contribution in [2.45, 2.75) is 61.5 Å². The Labute approximate surface area is 133 Å². The number of hydrogen-bond acceptors (Lipinski definition) is 1. The summed E-state index contributed by atoms with van der Waals surface area (Å²) in [5.41, 5.74) is -6.60. The van der Waals surface area contributed by atoms with Crippen molar-refractivity contribution < 1.29 is 53.1 Å². The Morgan fingerprint density at radius 2 is 1.04 bits per heavy atom. The largest absolute Gasteiger partial charge is 0.384 e. The number of alkyl halides is 11. The zero-order valence-electron chi connectivity index (χ0n) is 12.4. The normalized spacial score (nSPS) is 27.5. The van der Waals surface area contributed by atoms with Crippen LogP contribution in [0.15, 0.2) is 0 Å². The summed E-state index contributed by atoms with van der Waals surface area (Å²) in [6.45, 7) is 0.809. The third-order valence-corrected chi connectivity index (χ3v) is 3.82. The molecular weight excluding hydrogens is 383 g/mol. The molecule has 1 saturated carbocycles. The summed E-state index contributed by atoms with van der Waals surface area (Å²) in [6, 6.07) is 0. The molecule has 0 aromatic carbocycles. The maximum Gasteiger partial charge on any atom is 0.384 e. The van der Waals surface area contributed by atoms with Gasteiger partial charge >= 0.3 is 35.3 Å². The van der Waals surface area contributed by atoms with Gasteiger partial charge in [-0.1, -0.05) is 19.8 Å². The van der Waals surface area contributed by atoms with Gasteiger partial charge in [0.1, 0.15) is 0 Å². The van der Waals surface area contributed by atoms with Crippen LogP contribution in [0.2, 0.25) is 0 Å². The molecule has 13 heteroatoms. The zero-order chi connectivity index (χ0) is 20.1. The molecular formula is C12H12F11NO. The van der Waals surface area contributed by atoms with E-state index in [0.717, 1.165) is 5.32 Å². The fourth-order valence-electron chi connectivity index (χ4n) is 2.21. The number of unbranched alkanes of at least 4 members (excludes halogenated alkanes) is 2. The minimum absolute atomic E-state index is 0.113. The Balaban J connectivity index is 3.48. The van der Waals surface area contributed by atoms with Crippen molar-refractivity contribution in [1.82, 2.24) is 5.32 Å². The maximum atomic E-state index is 14.2. The molecule has 1 N–H and O–H groups in total. The maximum absolute atomic E-state index is 14.2. The Morgan fingerprint density at radius 3 is 1.40 bits per heavy atom. The van der Waals surface area contributed by atoms with Gasteiger partial charge < -0.3 is 5.32 Å². The van der Waals surface area contributed by atoms with Gasteiger partial charge in [-0.3, -0.25) is 4.79 Å². The number of halogens is 11. The topological polar surface area (TPSA) is 29.1 Å². The minimum atomic E-state index is -7.31. The molecule has 1 aliphatic carbocycles. The number of nitrogens with one attached hydrogen (secondary N) is 1. The van der Waals surface area contributed by atoms with E-state index in [4.69, 9.17) is 0 Å². The molecule has 0 aliphatic heterocycles. The van der Waals surface area contributed by atoms with Crippen molar-refractivity contribution >= 4 is 5.91 Å². The van der Waals surface area contributed by atoms with Crippen LogP contribution >= 0.6 is 0 Å². The quantitative estimate of drug-likeness (QED) is 0.549. The lowest BCUT2D eigenvalue weighted by Crippen LogP contribution is -2.86. The van der Waals surface area contributed by atoms with Crippen molar-refractivity contribution in [2.24, 2.45) is 0 Å². The van der Waals surface area contributed by atoms with Crippen LogP contribution in [0.4, 0.5) is 48.3 Å². The second-order valence-corrected chi connectivity index (χ2v) is 5.49. The van der Waals surface area contributed by atoms with Crippen LogP contribution in [-0.2, 0) is 4.79 Å². The number of amides is 1. The summed E-state index contributed by atoms with van der Waals surface area (Å²) in [6.07, 6.45) is 0.598. The van der Waals surface area contributed by atoms with Crippen LogP contribution < -0.4 is 5.32 Å². The summed E-state index contributed by atoms with van der Waals surface area (Å²) in [5.74, 6) is -39.3. The number of rotatable bonds is 5. The van der Waals surface area contributed by atoms with Gasteiger partial charge in [-0.15, -0.1) is 0 Å². The summed E-state index contributed by atoms with van der Waals surface area (Å²) < 4.78 is 147. The number of carbonyl (C=O) groups is 1. The van der Waals surface area contributed by atoms with Gasteiger partial charge in [0, 0.05) is 6.54 Å². The molecule has 0 radical (unpaired) electrons. The van der Waals surface area contributed by atoms with E-state index in [-0.39, 0.29) is 12.8 Å². The molecule has 0 heterocycles. The third-order valence-electron chi connectivity index (χ3n) is 3.82. The van der Waals surface area contributed by atoms with E-state index in [2.05, 4.69) is 0 Å². The van der Waals surface area contributed by atoms with Gasteiger partial charge in [0.15, 0.2) is 0 Å². The van der Waals surface area contributed by atoms with E-state index in [1.807, 2.05) is 0 Å². The second-order valence-electron chi connectivity index (χ2n) is 5.49. The average Bonchev–Trinajstić information content (AvgIpc) is 2.48. The van der Waals surface area contributed by atoms with E-state index in [1.165, 1.54) is 0 Å². The Morgan fingerprint density at radius 1 is 0.680 bits per heavy atom. The second kappa shape index (κ2) is 5.86. The van der Waals surface area contributed by atoms with Crippen molar-refractivity contribution in [3.63, 3.8) is 0 Å². The lowest BCUT2D eigenvalue weighted by atomic mass is 9.71. The van der Waals surface area contributed by atoms with Crippen molar-refractivity contribution in [3.8, 4) is 0 Å². The van der Waals surface area contributed by atoms with E-state index in [9.17, 15) is 53.1 Å². The minimum Gasteiger partial charge on any atom is -0.353 e. The van der Waals surface area contributed by atoms with Crippen molar-refractivity contribution in [3.05, 3.63) is 0 Å². The van der Waals surface area contributed by atoms with Crippen molar-refractivity contribution in [2.75, 3.05) is 6.54 Å². The SMILES string of the molecule is CCCCCNC(=O)C1(F)C(F)(F)C(F)(F)C(F)(F)C(F)(F)C1(F)F. The van der Waals surface area contributed by atoms with E-state index in [1.54, 1.807) is 6.92 Å². The summed E-state index contributed by atoms with van der Waals surface area (Å²) in [4.78, 5) is 11.3. The first-order chi connectivity index (χ1) is 11.0. The predicted octanol–water partition coefficient (Wildman–Crippen LogP) is 4.19. The first kappa shape index (κ1) is 21.7. The van der Waals surface area contributed by atoms with Crippen LogP contribution in [0.5, 0.6) is 0 Å². The molecule has 1 rings (SSSR count). The molecule has 0 atom stereocenters. The zero-order valence-corrected chi connectivity index (χ0v) is 12.4. The summed E-state index contributed by atoms with van der Waals surface area (Å²) in [5, 5.41) is 1.06. The van der Waals surface area contributed by atoms with Crippen molar-refractivity contribution in [1.29, 1.82) is 0 Å². The Hall–Kier alpha value is -1.30. The van der Waals surface area contributed by atoms with Gasteiger partial charge in [-0.25, -0.2) is 4.39 Å². The third kappa shape index (κ3) is 2.32. The monoisotopic (exact) mass is 395 g/mol. The molecule has 1 aliphatic rings. The smallest absolute Gasteiger partial charge is 0.353 e. The molecule has 1 amide bonds. The molecule has 0 bridgehead atoms. The Kier molecular flexibility index (Phi) is 5.10. The Bertz CT molecular complexity index is 501. The van der Waals surface area contributed by atoms with Gasteiger partial charge in [0.25, 0.3) is 5.91 Å². The molecule has 0 saturated heterocycles. The molecule has 0 unspecified atom stereocenters. The van der Waals surface area contributed by atoms with Crippen LogP contribution in [0.25, 0.3) is 0 Å². The number of carbonyl (C=O) groups excluding carboxylic acids is 1. The molecule has 2 nitrogen and oxygen atoms in total. The van der Waals surface area contributed by atoms with E-state index in [0.29, 0.717) is 6.42 Å². The predicted molar refractivity (Wildman–Crippen MR) is 61.1 cm³/mol. The van der Waals surface area contributed by atoms with Gasteiger partial charge in [0.2, 0.25) is 0 Å². The van der Waals surface area contributed by atoms with Crippen LogP contribution in [0.1, 0.15) is 26.2 Å².